The van der Waals surface area contributed by atoms with Gasteiger partial charge >= 0.3 is 0 Å². The molecule has 16 heavy (non-hydrogen) atoms. The Bertz CT molecular complexity index is 314. The largest absolute Gasteiger partial charge is 0.350 e. The summed E-state index contributed by atoms with van der Waals surface area (Å²) in [6.07, 6.45) is 1.50. The summed E-state index contributed by atoms with van der Waals surface area (Å²) in [5.41, 5.74) is 0.413. The van der Waals surface area contributed by atoms with E-state index in [0.717, 1.165) is 11.7 Å². The Morgan fingerprint density at radius 2 is 2.00 bits per heavy atom. The molecule has 0 aliphatic heterocycles. The molecule has 1 heterocycles. The van der Waals surface area contributed by atoms with Crippen LogP contribution in [0.1, 0.15) is 38.2 Å². The summed E-state index contributed by atoms with van der Waals surface area (Å²) < 4.78 is 7.71. The van der Waals surface area contributed by atoms with Gasteiger partial charge in [0.2, 0.25) is 0 Å². The predicted molar refractivity (Wildman–Crippen MR) is 65.4 cm³/mol. The van der Waals surface area contributed by atoms with Crippen LogP contribution in [0.25, 0.3) is 0 Å². The van der Waals surface area contributed by atoms with Crippen LogP contribution in [0.3, 0.4) is 0 Å². The minimum atomic E-state index is -0.125. The molecule has 0 unspecified atom stereocenters. The van der Waals surface area contributed by atoms with Crippen molar-refractivity contribution in [3.63, 3.8) is 0 Å². The molecular weight excluding hydrogens is 222 g/mol. The molecule has 0 aliphatic rings. The topological polar surface area (TPSA) is 54.9 Å². The quantitative estimate of drug-likeness (QED) is 0.859. The number of carbonyl (C=O) groups excluding carboxylic acids is 1. The van der Waals surface area contributed by atoms with Crippen molar-refractivity contribution in [1.29, 1.82) is 0 Å². The fraction of sp³-hybridized carbons (Fsp3) is 0.727. The molecule has 0 aromatic carbocycles. The van der Waals surface area contributed by atoms with Crippen LogP contribution in [0.15, 0.2) is 6.20 Å². The van der Waals surface area contributed by atoms with Crippen LogP contribution in [0.2, 0.25) is 0 Å². The summed E-state index contributed by atoms with van der Waals surface area (Å²) >= 11 is 1.05. The zero-order chi connectivity index (χ0) is 12.1. The second-order valence-corrected chi connectivity index (χ2v) is 5.21. The van der Waals surface area contributed by atoms with Crippen LogP contribution in [-0.4, -0.2) is 21.2 Å². The smallest absolute Gasteiger partial charge is 0.272 e. The Hall–Kier alpha value is -0.970. The number of hydrogen-bond donors (Lipinski definition) is 1. The van der Waals surface area contributed by atoms with Gasteiger partial charge in [0.15, 0.2) is 5.69 Å². The number of nitrogens with zero attached hydrogens (tertiary/aromatic N) is 2. The van der Waals surface area contributed by atoms with Crippen molar-refractivity contribution < 1.29 is 4.79 Å². The van der Waals surface area contributed by atoms with Crippen LogP contribution >= 0.6 is 11.7 Å². The third kappa shape index (κ3) is 3.56. The zero-order valence-corrected chi connectivity index (χ0v) is 11.0. The number of carbonyl (C=O) groups is 1. The fourth-order valence-corrected chi connectivity index (χ4v) is 2.22. The first-order valence-corrected chi connectivity index (χ1v) is 6.31. The lowest BCUT2D eigenvalue weighted by atomic mass is 9.85. The van der Waals surface area contributed by atoms with Gasteiger partial charge in [-0.25, -0.2) is 0 Å². The lowest BCUT2D eigenvalue weighted by molar-refractivity contribution is 0.0933. The van der Waals surface area contributed by atoms with Crippen molar-refractivity contribution in [2.45, 2.75) is 27.7 Å². The number of aromatic nitrogens is 2. The van der Waals surface area contributed by atoms with Crippen LogP contribution in [-0.2, 0) is 0 Å². The van der Waals surface area contributed by atoms with Gasteiger partial charge in [0.25, 0.3) is 5.91 Å². The molecule has 0 fully saturated rings. The maximum Gasteiger partial charge on any atom is 0.272 e. The fourth-order valence-electron chi connectivity index (χ4n) is 1.81. The highest BCUT2D eigenvalue weighted by molar-refractivity contribution is 6.99. The summed E-state index contributed by atoms with van der Waals surface area (Å²) in [4.78, 5) is 11.6. The summed E-state index contributed by atoms with van der Waals surface area (Å²) in [7, 11) is 0. The molecule has 0 spiro atoms. The third-order valence-corrected chi connectivity index (χ3v) is 3.28. The summed E-state index contributed by atoms with van der Waals surface area (Å²) in [6.45, 7) is 9.43. The van der Waals surface area contributed by atoms with E-state index in [2.05, 4.69) is 41.8 Å². The minimum absolute atomic E-state index is 0.125. The van der Waals surface area contributed by atoms with Gasteiger partial charge in [-0.05, 0) is 17.8 Å². The Kier molecular flexibility index (Phi) is 4.86. The van der Waals surface area contributed by atoms with Gasteiger partial charge in [-0.3, -0.25) is 4.79 Å². The van der Waals surface area contributed by atoms with Crippen LogP contribution in [0.4, 0.5) is 0 Å². The normalized spacial score (nSPS) is 11.4. The molecule has 1 aromatic heterocycles. The van der Waals surface area contributed by atoms with Crippen molar-refractivity contribution >= 4 is 17.6 Å². The molecule has 0 bridgehead atoms. The molecule has 1 rings (SSSR count). The van der Waals surface area contributed by atoms with Crippen LogP contribution < -0.4 is 5.32 Å². The van der Waals surface area contributed by atoms with E-state index in [1.165, 1.54) is 6.20 Å². The van der Waals surface area contributed by atoms with E-state index in [0.29, 0.717) is 30.0 Å². The van der Waals surface area contributed by atoms with Crippen LogP contribution in [0, 0.1) is 17.8 Å². The highest BCUT2D eigenvalue weighted by atomic mass is 32.1. The van der Waals surface area contributed by atoms with E-state index >= 15 is 0 Å². The van der Waals surface area contributed by atoms with Gasteiger partial charge in [-0.1, -0.05) is 27.7 Å². The van der Waals surface area contributed by atoms with Crippen molar-refractivity contribution in [2.24, 2.45) is 17.8 Å². The van der Waals surface area contributed by atoms with E-state index in [1.54, 1.807) is 0 Å². The number of amides is 1. The summed E-state index contributed by atoms with van der Waals surface area (Å²) in [5.74, 6) is 1.50. The Morgan fingerprint density at radius 1 is 1.38 bits per heavy atom. The Balaban J connectivity index is 2.47. The molecule has 90 valence electrons. The summed E-state index contributed by atoms with van der Waals surface area (Å²) in [5, 5.41) is 2.91. The molecule has 4 nitrogen and oxygen atoms in total. The van der Waals surface area contributed by atoms with Crippen molar-refractivity contribution in [2.75, 3.05) is 6.54 Å². The number of nitrogens with one attached hydrogen (secondary N) is 1. The van der Waals surface area contributed by atoms with Crippen molar-refractivity contribution in [3.8, 4) is 0 Å². The monoisotopic (exact) mass is 241 g/mol. The average molecular weight is 241 g/mol. The van der Waals surface area contributed by atoms with E-state index in [1.807, 2.05) is 0 Å². The molecule has 0 aliphatic carbocycles. The molecule has 1 N–H and O–H groups in total. The first-order chi connectivity index (χ1) is 7.52. The zero-order valence-electron chi connectivity index (χ0n) is 10.2. The lowest BCUT2D eigenvalue weighted by Gasteiger charge is -2.24. The Morgan fingerprint density at radius 3 is 2.44 bits per heavy atom. The highest BCUT2D eigenvalue weighted by Gasteiger charge is 2.19. The minimum Gasteiger partial charge on any atom is -0.350 e. The van der Waals surface area contributed by atoms with Crippen LogP contribution in [0.5, 0.6) is 0 Å². The molecule has 5 heteroatoms. The molecule has 0 saturated heterocycles. The van der Waals surface area contributed by atoms with Gasteiger partial charge in [0.05, 0.1) is 17.9 Å². The maximum absolute atomic E-state index is 11.6. The van der Waals surface area contributed by atoms with Gasteiger partial charge < -0.3 is 5.32 Å². The van der Waals surface area contributed by atoms with E-state index in [4.69, 9.17) is 0 Å². The number of hydrogen-bond acceptors (Lipinski definition) is 4. The lowest BCUT2D eigenvalue weighted by Crippen LogP contribution is -2.34. The molecule has 0 saturated carbocycles. The molecule has 1 amide bonds. The highest BCUT2D eigenvalue weighted by Crippen LogP contribution is 2.19. The third-order valence-electron chi connectivity index (χ3n) is 2.80. The van der Waals surface area contributed by atoms with Gasteiger partial charge in [-0.2, -0.15) is 8.75 Å². The molecule has 0 radical (unpaired) electrons. The SMILES string of the molecule is CC(C)C(CNC(=O)c1cnsn1)C(C)C. The molecule has 0 atom stereocenters. The first-order valence-electron chi connectivity index (χ1n) is 5.58. The number of rotatable bonds is 5. The van der Waals surface area contributed by atoms with E-state index in [-0.39, 0.29) is 5.91 Å². The average Bonchev–Trinajstić information content (AvgIpc) is 2.69. The standard InChI is InChI=1S/C11H19N3OS/c1-7(2)9(8(3)4)5-12-11(15)10-6-13-16-14-10/h6-9H,5H2,1-4H3,(H,12,15). The van der Waals surface area contributed by atoms with E-state index < -0.39 is 0 Å². The van der Waals surface area contributed by atoms with Gasteiger partial charge in [0.1, 0.15) is 0 Å². The van der Waals surface area contributed by atoms with Crippen molar-refractivity contribution in [3.05, 3.63) is 11.9 Å². The first kappa shape index (κ1) is 13.1. The predicted octanol–water partition coefficient (Wildman–Crippen LogP) is 2.20. The van der Waals surface area contributed by atoms with Gasteiger partial charge in [-0.15, -0.1) is 0 Å². The second kappa shape index (κ2) is 5.94. The molecule has 1 aromatic rings. The van der Waals surface area contributed by atoms with Crippen molar-refractivity contribution in [1.82, 2.24) is 14.1 Å². The molecular formula is C11H19N3OS. The maximum atomic E-state index is 11.6. The Labute approximate surface area is 101 Å². The second-order valence-electron chi connectivity index (χ2n) is 4.65. The van der Waals surface area contributed by atoms with E-state index in [9.17, 15) is 4.79 Å². The summed E-state index contributed by atoms with van der Waals surface area (Å²) in [6, 6.07) is 0. The van der Waals surface area contributed by atoms with Gasteiger partial charge in [0, 0.05) is 6.54 Å².